The number of thiophene rings is 1. The van der Waals surface area contributed by atoms with Gasteiger partial charge in [0.2, 0.25) is 0 Å². The molecule has 5 rings (SSSR count). The summed E-state index contributed by atoms with van der Waals surface area (Å²) in [5.41, 5.74) is 3.49. The highest BCUT2D eigenvalue weighted by atomic mass is 32.1. The molecule has 2 aliphatic rings. The topological polar surface area (TPSA) is 74.3 Å². The first kappa shape index (κ1) is 22.6. The molecular weight excluding hydrogens is 444 g/mol. The zero-order valence-electron chi connectivity index (χ0n) is 19.9. The molecule has 2 amide bonds. The van der Waals surface area contributed by atoms with Crippen LogP contribution >= 0.6 is 11.3 Å². The number of rotatable bonds is 5. The number of anilines is 2. The van der Waals surface area contributed by atoms with E-state index in [0.29, 0.717) is 30.5 Å². The van der Waals surface area contributed by atoms with Crippen molar-refractivity contribution in [3.8, 4) is 10.4 Å². The van der Waals surface area contributed by atoms with E-state index in [1.54, 1.807) is 6.07 Å². The van der Waals surface area contributed by atoms with E-state index in [9.17, 15) is 9.59 Å². The van der Waals surface area contributed by atoms with Crippen LogP contribution in [0.15, 0.2) is 48.5 Å². The van der Waals surface area contributed by atoms with Gasteiger partial charge in [0.15, 0.2) is 0 Å². The van der Waals surface area contributed by atoms with Gasteiger partial charge in [0, 0.05) is 29.6 Å². The smallest absolute Gasteiger partial charge is 0.276 e. The molecule has 1 saturated carbocycles. The molecule has 0 spiro atoms. The average Bonchev–Trinajstić information content (AvgIpc) is 3.56. The summed E-state index contributed by atoms with van der Waals surface area (Å²) in [6, 6.07) is 15.8. The second kappa shape index (κ2) is 8.87. The molecule has 3 aromatic rings. The highest BCUT2D eigenvalue weighted by Crippen LogP contribution is 2.42. The van der Waals surface area contributed by atoms with Gasteiger partial charge in [0.1, 0.15) is 11.5 Å². The Morgan fingerprint density at radius 3 is 2.68 bits per heavy atom. The molecule has 2 N–H and O–H groups in total. The van der Waals surface area contributed by atoms with Crippen molar-refractivity contribution in [3.63, 3.8) is 0 Å². The normalized spacial score (nSPS) is 15.2. The zero-order chi connectivity index (χ0) is 23.9. The van der Waals surface area contributed by atoms with Crippen LogP contribution in [-0.4, -0.2) is 35.9 Å². The van der Waals surface area contributed by atoms with Crippen LogP contribution in [0.3, 0.4) is 0 Å². The van der Waals surface area contributed by atoms with Crippen molar-refractivity contribution in [3.05, 3.63) is 64.7 Å². The molecule has 1 aliphatic heterocycles. The Labute approximate surface area is 204 Å². The zero-order valence-corrected chi connectivity index (χ0v) is 20.7. The number of para-hydroxylation sites is 1. The number of fused-ring (bicyclic) bond motifs is 3. The lowest BCUT2D eigenvalue weighted by Gasteiger charge is -2.23. The monoisotopic (exact) mass is 474 g/mol. The maximum Gasteiger partial charge on any atom is 0.276 e. The fraction of sp³-hybridized carbons (Fsp3) is 0.370. The molecule has 1 fully saturated rings. The maximum absolute atomic E-state index is 13.6. The SMILES string of the molecule is CC(C)(C)CNc1cccc(C(=O)N2CCc3cc(C(=O)NC4CC4)sc3-c3ccccc32)n1. The summed E-state index contributed by atoms with van der Waals surface area (Å²) in [7, 11) is 0. The van der Waals surface area contributed by atoms with Crippen molar-refractivity contribution in [2.45, 2.75) is 46.1 Å². The second-order valence-electron chi connectivity index (χ2n) is 10.3. The molecule has 34 heavy (non-hydrogen) atoms. The number of pyridine rings is 1. The lowest BCUT2D eigenvalue weighted by atomic mass is 9.97. The third kappa shape index (κ3) is 4.85. The van der Waals surface area contributed by atoms with Crippen molar-refractivity contribution < 1.29 is 9.59 Å². The van der Waals surface area contributed by atoms with Crippen molar-refractivity contribution in [2.24, 2.45) is 5.41 Å². The molecule has 0 atom stereocenters. The Morgan fingerprint density at radius 2 is 1.91 bits per heavy atom. The van der Waals surface area contributed by atoms with E-state index < -0.39 is 0 Å². The standard InChI is InChI=1S/C27H30N4O2S/c1-27(2,3)16-28-23-10-6-8-20(30-23)26(33)31-14-13-17-15-22(25(32)29-18-11-12-18)34-24(17)19-7-4-5-9-21(19)31/h4-10,15,18H,11-14,16H2,1-3H3,(H,28,30)(H,29,32). The van der Waals surface area contributed by atoms with E-state index in [4.69, 9.17) is 0 Å². The number of aromatic nitrogens is 1. The predicted octanol–water partition coefficient (Wildman–Crippen LogP) is 5.36. The van der Waals surface area contributed by atoms with Gasteiger partial charge in [-0.3, -0.25) is 9.59 Å². The van der Waals surface area contributed by atoms with Crippen LogP contribution in [0.4, 0.5) is 11.5 Å². The summed E-state index contributed by atoms with van der Waals surface area (Å²) in [4.78, 5) is 34.5. The number of amides is 2. The number of nitrogens with one attached hydrogen (secondary N) is 2. The van der Waals surface area contributed by atoms with E-state index in [1.165, 1.54) is 11.3 Å². The fourth-order valence-corrected chi connectivity index (χ4v) is 5.20. The van der Waals surface area contributed by atoms with Gasteiger partial charge in [-0.2, -0.15) is 0 Å². The summed E-state index contributed by atoms with van der Waals surface area (Å²) in [6.45, 7) is 7.76. The van der Waals surface area contributed by atoms with Gasteiger partial charge in [0.25, 0.3) is 11.8 Å². The first-order chi connectivity index (χ1) is 16.3. The summed E-state index contributed by atoms with van der Waals surface area (Å²) >= 11 is 1.51. The van der Waals surface area contributed by atoms with Gasteiger partial charge in [-0.25, -0.2) is 4.98 Å². The lowest BCUT2D eigenvalue weighted by Crippen LogP contribution is -2.33. The molecule has 176 valence electrons. The van der Waals surface area contributed by atoms with Crippen LogP contribution in [0.25, 0.3) is 10.4 Å². The molecule has 0 unspecified atom stereocenters. The van der Waals surface area contributed by atoms with Crippen LogP contribution in [0.5, 0.6) is 0 Å². The number of carbonyl (C=O) groups is 2. The molecule has 6 nitrogen and oxygen atoms in total. The molecule has 7 heteroatoms. The minimum atomic E-state index is -0.117. The van der Waals surface area contributed by atoms with Crippen molar-refractivity contribution >= 4 is 34.7 Å². The average molecular weight is 475 g/mol. The Kier molecular flexibility index (Phi) is 5.90. The molecule has 0 radical (unpaired) electrons. The number of benzene rings is 1. The van der Waals surface area contributed by atoms with Crippen molar-refractivity contribution in [2.75, 3.05) is 23.3 Å². The molecule has 0 bridgehead atoms. The lowest BCUT2D eigenvalue weighted by molar-refractivity contribution is 0.0952. The van der Waals surface area contributed by atoms with Crippen LogP contribution in [0.2, 0.25) is 0 Å². The summed E-state index contributed by atoms with van der Waals surface area (Å²) in [5, 5.41) is 6.43. The van der Waals surface area contributed by atoms with Crippen LogP contribution in [0.1, 0.15) is 59.3 Å². The van der Waals surface area contributed by atoms with Crippen LogP contribution in [-0.2, 0) is 6.42 Å². The molecule has 1 aromatic carbocycles. The van der Waals surface area contributed by atoms with Gasteiger partial charge in [-0.05, 0) is 54.5 Å². The Morgan fingerprint density at radius 1 is 1.12 bits per heavy atom. The largest absolute Gasteiger partial charge is 0.370 e. The number of hydrogen-bond acceptors (Lipinski definition) is 5. The van der Waals surface area contributed by atoms with Crippen molar-refractivity contribution in [1.29, 1.82) is 0 Å². The number of nitrogens with zero attached hydrogens (tertiary/aromatic N) is 2. The first-order valence-electron chi connectivity index (χ1n) is 11.8. The molecule has 1 aliphatic carbocycles. The van der Waals surface area contributed by atoms with Gasteiger partial charge in [-0.15, -0.1) is 11.3 Å². The Balaban J connectivity index is 1.43. The Bertz CT molecular complexity index is 1240. The maximum atomic E-state index is 13.6. The molecule has 0 saturated heterocycles. The van der Waals surface area contributed by atoms with Gasteiger partial charge in [-0.1, -0.05) is 45.0 Å². The Hall–Kier alpha value is -3.19. The van der Waals surface area contributed by atoms with Gasteiger partial charge in [0.05, 0.1) is 10.6 Å². The number of hydrogen-bond donors (Lipinski definition) is 2. The molecular formula is C27H30N4O2S. The molecule has 3 heterocycles. The van der Waals surface area contributed by atoms with Crippen LogP contribution in [0, 0.1) is 5.41 Å². The van der Waals surface area contributed by atoms with Gasteiger partial charge >= 0.3 is 0 Å². The summed E-state index contributed by atoms with van der Waals surface area (Å²) < 4.78 is 0. The van der Waals surface area contributed by atoms with Gasteiger partial charge < -0.3 is 15.5 Å². The summed E-state index contributed by atoms with van der Waals surface area (Å²) in [6.07, 6.45) is 2.82. The van der Waals surface area contributed by atoms with E-state index in [1.807, 2.05) is 47.4 Å². The third-order valence-corrected chi connectivity index (χ3v) is 7.21. The fourth-order valence-electron chi connectivity index (χ4n) is 4.05. The second-order valence-corrected chi connectivity index (χ2v) is 11.3. The van der Waals surface area contributed by atoms with E-state index in [2.05, 4.69) is 36.4 Å². The predicted molar refractivity (Wildman–Crippen MR) is 138 cm³/mol. The highest BCUT2D eigenvalue weighted by Gasteiger charge is 2.29. The first-order valence-corrected chi connectivity index (χ1v) is 12.7. The van der Waals surface area contributed by atoms with E-state index in [-0.39, 0.29) is 17.2 Å². The van der Waals surface area contributed by atoms with Crippen molar-refractivity contribution in [1.82, 2.24) is 10.3 Å². The van der Waals surface area contributed by atoms with Crippen LogP contribution < -0.4 is 15.5 Å². The summed E-state index contributed by atoms with van der Waals surface area (Å²) in [5.74, 6) is 0.595. The molecule has 2 aromatic heterocycles. The highest BCUT2D eigenvalue weighted by molar-refractivity contribution is 7.17. The number of carbonyl (C=O) groups excluding carboxylic acids is 2. The third-order valence-electron chi connectivity index (χ3n) is 6.00. The quantitative estimate of drug-likeness (QED) is 0.522. The minimum Gasteiger partial charge on any atom is -0.370 e. The minimum absolute atomic E-state index is 0.00904. The van der Waals surface area contributed by atoms with E-state index >= 15 is 0 Å². The van der Waals surface area contributed by atoms with E-state index in [0.717, 1.165) is 46.0 Å².